The zero-order chi connectivity index (χ0) is 17.1. The fourth-order valence-corrected chi connectivity index (χ4v) is 3.91. The van der Waals surface area contributed by atoms with Gasteiger partial charge >= 0.3 is 0 Å². The van der Waals surface area contributed by atoms with Crippen LogP contribution in [0.25, 0.3) is 22.0 Å². The Morgan fingerprint density at radius 2 is 1.76 bits per heavy atom. The maximum absolute atomic E-state index is 5.89. The van der Waals surface area contributed by atoms with Crippen molar-refractivity contribution in [2.75, 3.05) is 0 Å². The predicted octanol–water partition coefficient (Wildman–Crippen LogP) is 5.81. The van der Waals surface area contributed by atoms with Crippen molar-refractivity contribution in [2.24, 2.45) is 0 Å². The first-order valence-corrected chi connectivity index (χ1v) is 9.74. The lowest BCUT2D eigenvalue weighted by molar-refractivity contribution is 0.466. The van der Waals surface area contributed by atoms with E-state index in [0.29, 0.717) is 21.9 Å². The molecule has 4 rings (SSSR count). The van der Waals surface area contributed by atoms with Crippen molar-refractivity contribution in [2.45, 2.75) is 11.0 Å². The molecule has 0 bridgehead atoms. The second-order valence-electron chi connectivity index (χ2n) is 5.18. The minimum absolute atomic E-state index is 0.488. The van der Waals surface area contributed by atoms with Crippen LogP contribution in [0.2, 0.25) is 5.02 Å². The number of hydrogen-bond acceptors (Lipinski definition) is 6. The second-order valence-corrected chi connectivity index (χ2v) is 7.40. The number of thiazole rings is 1. The molecule has 0 aliphatic heterocycles. The van der Waals surface area contributed by atoms with E-state index in [1.54, 1.807) is 23.5 Å². The van der Waals surface area contributed by atoms with Crippen molar-refractivity contribution in [3.05, 3.63) is 70.7 Å². The summed E-state index contributed by atoms with van der Waals surface area (Å²) in [4.78, 5) is 4.66. The summed E-state index contributed by atoms with van der Waals surface area (Å²) in [6, 6.07) is 17.5. The first kappa shape index (κ1) is 16.3. The smallest absolute Gasteiger partial charge is 0.277 e. The minimum Gasteiger partial charge on any atom is -0.411 e. The lowest BCUT2D eigenvalue weighted by Crippen LogP contribution is -1.82. The minimum atomic E-state index is 0.488. The molecule has 0 saturated heterocycles. The van der Waals surface area contributed by atoms with E-state index >= 15 is 0 Å². The number of aromatic nitrogens is 3. The SMILES string of the molecule is Clc1ccc(-c2nnc(SCc3csc(-c4ccccc4)n3)o2)cc1. The maximum atomic E-state index is 5.89. The van der Waals surface area contributed by atoms with Crippen molar-refractivity contribution >= 4 is 34.7 Å². The number of rotatable bonds is 5. The third-order valence-electron chi connectivity index (χ3n) is 3.41. The monoisotopic (exact) mass is 385 g/mol. The summed E-state index contributed by atoms with van der Waals surface area (Å²) in [5.74, 6) is 1.17. The molecule has 0 radical (unpaired) electrons. The molecule has 124 valence electrons. The Hall–Kier alpha value is -2.15. The van der Waals surface area contributed by atoms with Gasteiger partial charge in [-0.3, -0.25) is 0 Å². The second kappa shape index (κ2) is 7.39. The highest BCUT2D eigenvalue weighted by Gasteiger charge is 2.11. The van der Waals surface area contributed by atoms with Gasteiger partial charge in [0.1, 0.15) is 5.01 Å². The zero-order valence-corrected chi connectivity index (χ0v) is 15.3. The molecule has 0 atom stereocenters. The Kier molecular flexibility index (Phi) is 4.83. The van der Waals surface area contributed by atoms with E-state index < -0.39 is 0 Å². The largest absolute Gasteiger partial charge is 0.411 e. The Morgan fingerprint density at radius 3 is 2.56 bits per heavy atom. The van der Waals surface area contributed by atoms with Gasteiger partial charge < -0.3 is 4.42 Å². The van der Waals surface area contributed by atoms with Crippen LogP contribution in [0.3, 0.4) is 0 Å². The molecule has 0 unspecified atom stereocenters. The summed E-state index contributed by atoms with van der Waals surface area (Å²) < 4.78 is 5.70. The summed E-state index contributed by atoms with van der Waals surface area (Å²) in [5, 5.41) is 12.4. The summed E-state index contributed by atoms with van der Waals surface area (Å²) in [6.45, 7) is 0. The van der Waals surface area contributed by atoms with Crippen molar-refractivity contribution in [3.63, 3.8) is 0 Å². The highest BCUT2D eigenvalue weighted by atomic mass is 35.5. The van der Waals surface area contributed by atoms with Crippen molar-refractivity contribution in [1.29, 1.82) is 0 Å². The van der Waals surface area contributed by atoms with E-state index in [0.717, 1.165) is 21.8 Å². The standard InChI is InChI=1S/C18H12ClN3OS2/c19-14-8-6-12(7-9-14)16-21-22-18(23-16)25-11-15-10-24-17(20-15)13-4-2-1-3-5-13/h1-10H,11H2. The van der Waals surface area contributed by atoms with Crippen LogP contribution in [-0.2, 0) is 5.75 Å². The van der Waals surface area contributed by atoms with E-state index in [1.807, 2.05) is 30.3 Å². The Labute approximate surface area is 157 Å². The van der Waals surface area contributed by atoms with Crippen LogP contribution in [0.4, 0.5) is 0 Å². The summed E-state index contributed by atoms with van der Waals surface area (Å²) >= 11 is 9.01. The predicted molar refractivity (Wildman–Crippen MR) is 102 cm³/mol. The van der Waals surface area contributed by atoms with Crippen LogP contribution in [0.1, 0.15) is 5.69 Å². The molecule has 2 heterocycles. The van der Waals surface area contributed by atoms with Gasteiger partial charge in [0.05, 0.1) is 5.69 Å². The number of thioether (sulfide) groups is 1. The molecule has 0 aliphatic rings. The fourth-order valence-electron chi connectivity index (χ4n) is 2.20. The van der Waals surface area contributed by atoms with Crippen LogP contribution in [0, 0.1) is 0 Å². The average Bonchev–Trinajstić information content (AvgIpc) is 3.31. The van der Waals surface area contributed by atoms with Crippen molar-refractivity contribution in [1.82, 2.24) is 15.2 Å². The lowest BCUT2D eigenvalue weighted by atomic mass is 10.2. The molecule has 0 aliphatic carbocycles. The molecule has 0 fully saturated rings. The number of nitrogens with zero attached hydrogens (tertiary/aromatic N) is 3. The van der Waals surface area contributed by atoms with Gasteiger partial charge in [0.2, 0.25) is 5.89 Å². The summed E-state index contributed by atoms with van der Waals surface area (Å²) in [5.41, 5.74) is 2.98. The van der Waals surface area contributed by atoms with Gasteiger partial charge in [-0.25, -0.2) is 4.98 Å². The summed E-state index contributed by atoms with van der Waals surface area (Å²) in [7, 11) is 0. The highest BCUT2D eigenvalue weighted by molar-refractivity contribution is 7.98. The van der Waals surface area contributed by atoms with E-state index in [-0.39, 0.29) is 0 Å². The maximum Gasteiger partial charge on any atom is 0.277 e. The molecule has 2 aromatic heterocycles. The van der Waals surface area contributed by atoms with Gasteiger partial charge in [-0.15, -0.1) is 21.5 Å². The van der Waals surface area contributed by atoms with Crippen LogP contribution >= 0.6 is 34.7 Å². The van der Waals surface area contributed by atoms with Gasteiger partial charge in [-0.2, -0.15) is 0 Å². The Bertz CT molecular complexity index is 967. The van der Waals surface area contributed by atoms with Gasteiger partial charge in [-0.05, 0) is 24.3 Å². The van der Waals surface area contributed by atoms with E-state index in [4.69, 9.17) is 16.0 Å². The number of benzene rings is 2. The van der Waals surface area contributed by atoms with Gasteiger partial charge in [0.15, 0.2) is 0 Å². The molecule has 25 heavy (non-hydrogen) atoms. The van der Waals surface area contributed by atoms with Gasteiger partial charge in [0.25, 0.3) is 5.22 Å². The zero-order valence-electron chi connectivity index (χ0n) is 12.9. The third kappa shape index (κ3) is 3.92. The topological polar surface area (TPSA) is 51.8 Å². The molecule has 2 aromatic carbocycles. The molecule has 0 spiro atoms. The van der Waals surface area contributed by atoms with Crippen molar-refractivity contribution < 1.29 is 4.42 Å². The quantitative estimate of drug-likeness (QED) is 0.406. The van der Waals surface area contributed by atoms with E-state index in [2.05, 4.69) is 32.7 Å². The van der Waals surface area contributed by atoms with Crippen molar-refractivity contribution in [3.8, 4) is 22.0 Å². The Morgan fingerprint density at radius 1 is 0.960 bits per heavy atom. The molecule has 7 heteroatoms. The molecule has 4 nitrogen and oxygen atoms in total. The molecule has 0 saturated carbocycles. The van der Waals surface area contributed by atoms with Gasteiger partial charge in [0, 0.05) is 27.3 Å². The third-order valence-corrected chi connectivity index (χ3v) is 5.46. The van der Waals surface area contributed by atoms with Crippen LogP contribution in [-0.4, -0.2) is 15.2 Å². The number of halogens is 1. The Balaban J connectivity index is 1.42. The van der Waals surface area contributed by atoms with Crippen LogP contribution in [0.15, 0.2) is 69.6 Å². The molecule has 4 aromatic rings. The van der Waals surface area contributed by atoms with Gasteiger partial charge in [-0.1, -0.05) is 53.7 Å². The van der Waals surface area contributed by atoms with Crippen LogP contribution < -0.4 is 0 Å². The molecule has 0 amide bonds. The lowest BCUT2D eigenvalue weighted by Gasteiger charge is -1.95. The normalized spacial score (nSPS) is 10.9. The summed E-state index contributed by atoms with van der Waals surface area (Å²) in [6.07, 6.45) is 0. The van der Waals surface area contributed by atoms with E-state index in [9.17, 15) is 0 Å². The number of hydrogen-bond donors (Lipinski definition) is 0. The average molecular weight is 386 g/mol. The highest BCUT2D eigenvalue weighted by Crippen LogP contribution is 2.29. The fraction of sp³-hybridized carbons (Fsp3) is 0.0556. The first-order chi connectivity index (χ1) is 12.3. The molecule has 0 N–H and O–H groups in total. The van der Waals surface area contributed by atoms with Crippen LogP contribution in [0.5, 0.6) is 0 Å². The molecular weight excluding hydrogens is 374 g/mol. The van der Waals surface area contributed by atoms with E-state index in [1.165, 1.54) is 11.8 Å². The molecular formula is C18H12ClN3OS2. The first-order valence-electron chi connectivity index (χ1n) is 7.50.